The molecule has 0 fully saturated rings. The van der Waals surface area contributed by atoms with Gasteiger partial charge in [-0.1, -0.05) is 0 Å². The van der Waals surface area contributed by atoms with Gasteiger partial charge in [0.1, 0.15) is 5.76 Å². The molecule has 0 aliphatic rings. The number of nitrogens with one attached hydrogen (secondary N) is 1. The zero-order valence-electron chi connectivity index (χ0n) is 11.3. The molecule has 1 aromatic heterocycles. The molecule has 1 heterocycles. The lowest BCUT2D eigenvalue weighted by Gasteiger charge is -2.20. The number of hydrazine groups is 1. The summed E-state index contributed by atoms with van der Waals surface area (Å²) in [7, 11) is 3.30. The second-order valence-corrected chi connectivity index (χ2v) is 3.99. The molecule has 0 unspecified atom stereocenters. The van der Waals surface area contributed by atoms with Gasteiger partial charge in [-0.25, -0.2) is 5.84 Å². The van der Waals surface area contributed by atoms with E-state index in [1.165, 1.54) is 6.26 Å². The first kappa shape index (κ1) is 15.6. The molecule has 0 radical (unpaired) electrons. The van der Waals surface area contributed by atoms with Crippen molar-refractivity contribution in [1.82, 2.24) is 10.3 Å². The molecule has 7 heteroatoms. The van der Waals surface area contributed by atoms with Gasteiger partial charge < -0.3 is 13.9 Å². The van der Waals surface area contributed by atoms with Gasteiger partial charge in [-0.15, -0.1) is 0 Å². The molecule has 3 N–H and O–H groups in total. The van der Waals surface area contributed by atoms with Gasteiger partial charge in [-0.3, -0.25) is 15.1 Å². The molecular formula is C12H21N3O4. The number of amides is 1. The van der Waals surface area contributed by atoms with Gasteiger partial charge in [0.25, 0.3) is 5.91 Å². The molecule has 0 spiro atoms. The minimum absolute atomic E-state index is 0.359. The van der Waals surface area contributed by atoms with Gasteiger partial charge in [-0.05, 0) is 6.07 Å². The van der Waals surface area contributed by atoms with E-state index in [2.05, 4.69) is 10.3 Å². The number of carbonyl (C=O) groups is 1. The lowest BCUT2D eigenvalue weighted by Crippen LogP contribution is -2.33. The van der Waals surface area contributed by atoms with E-state index in [0.29, 0.717) is 31.1 Å². The highest BCUT2D eigenvalue weighted by atomic mass is 16.5. The Morgan fingerprint density at radius 3 is 2.53 bits per heavy atom. The van der Waals surface area contributed by atoms with Crippen LogP contribution in [0.3, 0.4) is 0 Å². The zero-order valence-corrected chi connectivity index (χ0v) is 11.3. The Bertz CT molecular complexity index is 373. The summed E-state index contributed by atoms with van der Waals surface area (Å²) in [5, 5.41) is 0. The van der Waals surface area contributed by atoms with E-state index in [1.807, 2.05) is 0 Å². The summed E-state index contributed by atoms with van der Waals surface area (Å²) in [6, 6.07) is 1.60. The Labute approximate surface area is 112 Å². The van der Waals surface area contributed by atoms with Crippen LogP contribution < -0.4 is 11.3 Å². The molecule has 19 heavy (non-hydrogen) atoms. The fraction of sp³-hybridized carbons (Fsp3) is 0.583. The fourth-order valence-electron chi connectivity index (χ4n) is 1.66. The van der Waals surface area contributed by atoms with Crippen molar-refractivity contribution in [1.29, 1.82) is 0 Å². The number of hydrogen-bond acceptors (Lipinski definition) is 6. The van der Waals surface area contributed by atoms with Crippen molar-refractivity contribution >= 4 is 5.91 Å². The number of furan rings is 1. The maximum absolute atomic E-state index is 11.5. The van der Waals surface area contributed by atoms with Gasteiger partial charge in [0, 0.05) is 27.3 Å². The number of carbonyl (C=O) groups excluding carboxylic acids is 1. The maximum atomic E-state index is 11.5. The Kier molecular flexibility index (Phi) is 7.12. The molecule has 0 aliphatic heterocycles. The fourth-order valence-corrected chi connectivity index (χ4v) is 1.66. The predicted molar refractivity (Wildman–Crippen MR) is 69.4 cm³/mol. The summed E-state index contributed by atoms with van der Waals surface area (Å²) < 4.78 is 15.5. The van der Waals surface area contributed by atoms with Crippen molar-refractivity contribution in [2.45, 2.75) is 6.54 Å². The quantitative estimate of drug-likeness (QED) is 0.373. The first-order valence-electron chi connectivity index (χ1n) is 6.00. The topological polar surface area (TPSA) is 90.0 Å². The number of methoxy groups -OCH3 is 2. The number of hydrogen-bond donors (Lipinski definition) is 2. The number of nitrogen functional groups attached to an aromatic ring is 1. The molecule has 0 saturated carbocycles. The van der Waals surface area contributed by atoms with Crippen LogP contribution >= 0.6 is 0 Å². The van der Waals surface area contributed by atoms with E-state index >= 15 is 0 Å². The predicted octanol–water partition coefficient (Wildman–Crippen LogP) is -0.0221. The normalized spacial score (nSPS) is 10.9. The van der Waals surface area contributed by atoms with Crippen molar-refractivity contribution in [3.8, 4) is 0 Å². The third-order valence-electron chi connectivity index (χ3n) is 2.71. The van der Waals surface area contributed by atoms with Gasteiger partial charge in [-0.2, -0.15) is 0 Å². The minimum atomic E-state index is -0.359. The molecule has 0 aromatic carbocycles. The smallest absolute Gasteiger partial charge is 0.268 e. The highest BCUT2D eigenvalue weighted by molar-refractivity contribution is 5.94. The van der Waals surface area contributed by atoms with E-state index in [0.717, 1.165) is 13.1 Å². The van der Waals surface area contributed by atoms with Crippen LogP contribution in [0.1, 0.15) is 16.1 Å². The lowest BCUT2D eigenvalue weighted by atomic mass is 10.2. The van der Waals surface area contributed by atoms with E-state index in [9.17, 15) is 4.79 Å². The summed E-state index contributed by atoms with van der Waals surface area (Å²) in [6.45, 7) is 3.16. The molecule has 0 bridgehead atoms. The standard InChI is InChI=1S/C12H21N3O4/c1-17-7-4-15(5-8-18-2)9-11-10(3-6-19-11)12(16)14-13/h3,6H,4-5,7-9,13H2,1-2H3,(H,14,16). The van der Waals surface area contributed by atoms with Crippen LogP contribution in [0.25, 0.3) is 0 Å². The average Bonchev–Trinajstić information content (AvgIpc) is 2.89. The Morgan fingerprint density at radius 1 is 1.37 bits per heavy atom. The van der Waals surface area contributed by atoms with Crippen molar-refractivity contribution in [3.05, 3.63) is 23.7 Å². The molecule has 1 amide bonds. The average molecular weight is 271 g/mol. The Morgan fingerprint density at radius 2 is 2.00 bits per heavy atom. The third kappa shape index (κ3) is 4.99. The lowest BCUT2D eigenvalue weighted by molar-refractivity contribution is 0.0940. The van der Waals surface area contributed by atoms with Crippen LogP contribution in [-0.2, 0) is 16.0 Å². The molecule has 7 nitrogen and oxygen atoms in total. The monoisotopic (exact) mass is 271 g/mol. The van der Waals surface area contributed by atoms with Crippen LogP contribution in [0, 0.1) is 0 Å². The van der Waals surface area contributed by atoms with Crippen LogP contribution in [0.2, 0.25) is 0 Å². The molecular weight excluding hydrogens is 250 g/mol. The Hall–Kier alpha value is -1.41. The number of nitrogens with zero attached hydrogens (tertiary/aromatic N) is 1. The first-order valence-corrected chi connectivity index (χ1v) is 6.00. The highest BCUT2D eigenvalue weighted by Gasteiger charge is 2.16. The highest BCUT2D eigenvalue weighted by Crippen LogP contribution is 2.13. The molecule has 1 aromatic rings. The van der Waals surface area contributed by atoms with Crippen LogP contribution in [-0.4, -0.2) is 51.3 Å². The molecule has 0 aliphatic carbocycles. The van der Waals surface area contributed by atoms with Gasteiger partial charge in [0.15, 0.2) is 0 Å². The second kappa shape index (κ2) is 8.65. The molecule has 108 valence electrons. The summed E-state index contributed by atoms with van der Waals surface area (Å²) in [4.78, 5) is 13.6. The Balaban J connectivity index is 2.66. The SMILES string of the molecule is COCCN(CCOC)Cc1occc1C(=O)NN. The first-order chi connectivity index (χ1) is 9.22. The van der Waals surface area contributed by atoms with E-state index in [4.69, 9.17) is 19.7 Å². The van der Waals surface area contributed by atoms with Crippen LogP contribution in [0.15, 0.2) is 16.7 Å². The molecule has 1 rings (SSSR count). The van der Waals surface area contributed by atoms with Crippen molar-refractivity contribution in [2.24, 2.45) is 5.84 Å². The summed E-state index contributed by atoms with van der Waals surface area (Å²) >= 11 is 0. The van der Waals surface area contributed by atoms with Gasteiger partial charge in [0.05, 0.1) is 31.6 Å². The largest absolute Gasteiger partial charge is 0.467 e. The van der Waals surface area contributed by atoms with Crippen molar-refractivity contribution < 1.29 is 18.7 Å². The van der Waals surface area contributed by atoms with E-state index in [-0.39, 0.29) is 5.91 Å². The number of ether oxygens (including phenoxy) is 2. The summed E-state index contributed by atoms with van der Waals surface area (Å²) in [6.07, 6.45) is 1.48. The van der Waals surface area contributed by atoms with Crippen LogP contribution in [0.4, 0.5) is 0 Å². The van der Waals surface area contributed by atoms with Gasteiger partial charge >= 0.3 is 0 Å². The van der Waals surface area contributed by atoms with Crippen molar-refractivity contribution in [3.63, 3.8) is 0 Å². The van der Waals surface area contributed by atoms with Crippen LogP contribution in [0.5, 0.6) is 0 Å². The number of rotatable bonds is 9. The van der Waals surface area contributed by atoms with Gasteiger partial charge in [0.2, 0.25) is 0 Å². The van der Waals surface area contributed by atoms with E-state index in [1.54, 1.807) is 20.3 Å². The zero-order chi connectivity index (χ0) is 14.1. The summed E-state index contributed by atoms with van der Waals surface area (Å²) in [5.41, 5.74) is 2.55. The molecule has 0 saturated heterocycles. The summed E-state index contributed by atoms with van der Waals surface area (Å²) in [5.74, 6) is 5.35. The third-order valence-corrected chi connectivity index (χ3v) is 2.71. The minimum Gasteiger partial charge on any atom is -0.467 e. The number of nitrogens with two attached hydrogens (primary N) is 1. The second-order valence-electron chi connectivity index (χ2n) is 3.99. The van der Waals surface area contributed by atoms with Crippen molar-refractivity contribution in [2.75, 3.05) is 40.5 Å². The van der Waals surface area contributed by atoms with E-state index < -0.39 is 0 Å². The maximum Gasteiger partial charge on any atom is 0.268 e. The molecule has 0 atom stereocenters.